The van der Waals surface area contributed by atoms with Crippen molar-refractivity contribution in [2.24, 2.45) is 5.73 Å². The SMILES string of the molecule is NC(=O)c1cccc(CCCNCC(O)c2ccc(O)c(O)c2)c1.O=C(O)C(=O)O. The number of hydrogen-bond acceptors (Lipinski definition) is 7. The Hall–Kier alpha value is -3.63. The van der Waals surface area contributed by atoms with Crippen molar-refractivity contribution in [2.45, 2.75) is 18.9 Å². The van der Waals surface area contributed by atoms with Gasteiger partial charge in [0.1, 0.15) is 0 Å². The zero-order valence-corrected chi connectivity index (χ0v) is 16.0. The average molecular weight is 420 g/mol. The lowest BCUT2D eigenvalue weighted by Gasteiger charge is -2.13. The number of carbonyl (C=O) groups excluding carboxylic acids is 1. The molecule has 1 atom stereocenters. The normalized spacial score (nSPS) is 11.1. The van der Waals surface area contributed by atoms with Gasteiger partial charge in [-0.05, 0) is 54.8 Å². The Morgan fingerprint density at radius 2 is 1.63 bits per heavy atom. The zero-order chi connectivity index (χ0) is 22.7. The number of phenolic OH excluding ortho intramolecular Hbond substituents is 2. The highest BCUT2D eigenvalue weighted by Gasteiger charge is 2.09. The van der Waals surface area contributed by atoms with Crippen LogP contribution in [0.15, 0.2) is 42.5 Å². The minimum atomic E-state index is -1.82. The second-order valence-corrected chi connectivity index (χ2v) is 6.25. The third kappa shape index (κ3) is 8.59. The molecule has 0 saturated carbocycles. The fourth-order valence-corrected chi connectivity index (χ4v) is 2.40. The topological polar surface area (TPSA) is 190 Å². The van der Waals surface area contributed by atoms with Crippen molar-refractivity contribution >= 4 is 17.8 Å². The molecule has 1 unspecified atom stereocenters. The summed E-state index contributed by atoms with van der Waals surface area (Å²) in [5.74, 6) is -4.54. The fraction of sp³-hybridized carbons (Fsp3) is 0.250. The summed E-state index contributed by atoms with van der Waals surface area (Å²) in [5, 5.41) is 46.7. The van der Waals surface area contributed by atoms with Gasteiger partial charge in [-0.15, -0.1) is 0 Å². The molecule has 0 heterocycles. The monoisotopic (exact) mass is 420 g/mol. The molecule has 2 aromatic carbocycles. The van der Waals surface area contributed by atoms with Gasteiger partial charge in [0.05, 0.1) is 6.10 Å². The van der Waals surface area contributed by atoms with Crippen LogP contribution in [0.1, 0.15) is 34.0 Å². The molecule has 0 spiro atoms. The molecular formula is C20H24N2O8. The number of rotatable bonds is 8. The number of aliphatic hydroxyl groups excluding tert-OH is 1. The molecule has 0 aliphatic heterocycles. The van der Waals surface area contributed by atoms with Crippen LogP contribution in [-0.4, -0.2) is 56.5 Å². The first-order valence-corrected chi connectivity index (χ1v) is 8.87. The maximum atomic E-state index is 11.1. The Labute approximate surface area is 172 Å². The lowest BCUT2D eigenvalue weighted by atomic mass is 10.1. The molecular weight excluding hydrogens is 396 g/mol. The third-order valence-corrected chi connectivity index (χ3v) is 3.94. The minimum Gasteiger partial charge on any atom is -0.504 e. The first-order valence-electron chi connectivity index (χ1n) is 8.87. The summed E-state index contributed by atoms with van der Waals surface area (Å²) < 4.78 is 0. The number of hydrogen-bond donors (Lipinski definition) is 7. The number of nitrogens with one attached hydrogen (secondary N) is 1. The predicted octanol–water partition coefficient (Wildman–Crippen LogP) is 0.608. The highest BCUT2D eigenvalue weighted by Crippen LogP contribution is 2.27. The molecule has 2 rings (SSSR count). The maximum absolute atomic E-state index is 11.1. The van der Waals surface area contributed by atoms with Gasteiger partial charge in [0.2, 0.25) is 5.91 Å². The van der Waals surface area contributed by atoms with Gasteiger partial charge in [-0.2, -0.15) is 0 Å². The second kappa shape index (κ2) is 12.0. The smallest absolute Gasteiger partial charge is 0.414 e. The van der Waals surface area contributed by atoms with Crippen LogP contribution >= 0.6 is 0 Å². The number of primary amides is 1. The van der Waals surface area contributed by atoms with Crippen LogP contribution < -0.4 is 11.1 Å². The van der Waals surface area contributed by atoms with E-state index in [9.17, 15) is 20.1 Å². The molecule has 0 saturated heterocycles. The maximum Gasteiger partial charge on any atom is 0.414 e. The van der Waals surface area contributed by atoms with Gasteiger partial charge in [0, 0.05) is 12.1 Å². The van der Waals surface area contributed by atoms with E-state index in [1.165, 1.54) is 12.1 Å². The van der Waals surface area contributed by atoms with Crippen LogP contribution in [0.5, 0.6) is 11.5 Å². The van der Waals surface area contributed by atoms with Crippen molar-refractivity contribution in [3.63, 3.8) is 0 Å². The summed E-state index contributed by atoms with van der Waals surface area (Å²) in [4.78, 5) is 29.3. The second-order valence-electron chi connectivity index (χ2n) is 6.25. The molecule has 10 heteroatoms. The van der Waals surface area contributed by atoms with Crippen molar-refractivity contribution in [1.29, 1.82) is 0 Å². The highest BCUT2D eigenvalue weighted by molar-refractivity contribution is 6.27. The first kappa shape index (κ1) is 24.4. The summed E-state index contributed by atoms with van der Waals surface area (Å²) in [7, 11) is 0. The Morgan fingerprint density at radius 3 is 2.20 bits per heavy atom. The predicted molar refractivity (Wildman–Crippen MR) is 106 cm³/mol. The van der Waals surface area contributed by atoms with E-state index in [1.54, 1.807) is 18.2 Å². The van der Waals surface area contributed by atoms with Crippen LogP contribution in [0.2, 0.25) is 0 Å². The van der Waals surface area contributed by atoms with E-state index >= 15 is 0 Å². The lowest BCUT2D eigenvalue weighted by Crippen LogP contribution is -2.22. The number of phenols is 2. The van der Waals surface area contributed by atoms with Gasteiger partial charge in [0.15, 0.2) is 11.5 Å². The number of nitrogens with two attached hydrogens (primary N) is 1. The number of aliphatic carboxylic acids is 2. The number of benzene rings is 2. The Morgan fingerprint density at radius 1 is 0.967 bits per heavy atom. The molecule has 8 N–H and O–H groups in total. The Balaban J connectivity index is 0.000000656. The van der Waals surface area contributed by atoms with Crippen molar-refractivity contribution in [3.8, 4) is 11.5 Å². The van der Waals surface area contributed by atoms with E-state index in [0.717, 1.165) is 18.4 Å². The summed E-state index contributed by atoms with van der Waals surface area (Å²) in [6.45, 7) is 1.04. The molecule has 0 aliphatic rings. The Bertz CT molecular complexity index is 873. The summed E-state index contributed by atoms with van der Waals surface area (Å²) in [6.07, 6.45) is 0.870. The molecule has 0 aromatic heterocycles. The molecule has 162 valence electrons. The molecule has 0 radical (unpaired) electrons. The van der Waals surface area contributed by atoms with Crippen molar-refractivity contribution in [3.05, 3.63) is 59.2 Å². The minimum absolute atomic E-state index is 0.211. The number of carbonyl (C=O) groups is 3. The van der Waals surface area contributed by atoms with Gasteiger partial charge >= 0.3 is 11.9 Å². The van der Waals surface area contributed by atoms with Crippen molar-refractivity contribution < 1.29 is 39.9 Å². The van der Waals surface area contributed by atoms with Gasteiger partial charge in [0.25, 0.3) is 0 Å². The van der Waals surface area contributed by atoms with E-state index in [2.05, 4.69) is 5.32 Å². The van der Waals surface area contributed by atoms with Crippen LogP contribution in [0.4, 0.5) is 0 Å². The fourth-order valence-electron chi connectivity index (χ4n) is 2.40. The molecule has 0 bridgehead atoms. The largest absolute Gasteiger partial charge is 0.504 e. The molecule has 1 amide bonds. The summed E-state index contributed by atoms with van der Waals surface area (Å²) in [5.41, 5.74) is 7.33. The van der Waals surface area contributed by atoms with Crippen LogP contribution in [0.25, 0.3) is 0 Å². The molecule has 0 fully saturated rings. The highest BCUT2D eigenvalue weighted by atomic mass is 16.4. The van der Waals surface area contributed by atoms with Gasteiger partial charge in [-0.3, -0.25) is 4.79 Å². The lowest BCUT2D eigenvalue weighted by molar-refractivity contribution is -0.159. The number of amides is 1. The third-order valence-electron chi connectivity index (χ3n) is 3.94. The van der Waals surface area contributed by atoms with Gasteiger partial charge < -0.3 is 36.6 Å². The van der Waals surface area contributed by atoms with E-state index < -0.39 is 23.9 Å². The van der Waals surface area contributed by atoms with Crippen LogP contribution in [0.3, 0.4) is 0 Å². The van der Waals surface area contributed by atoms with Gasteiger partial charge in [-0.25, -0.2) is 9.59 Å². The molecule has 30 heavy (non-hydrogen) atoms. The van der Waals surface area contributed by atoms with E-state index in [-0.39, 0.29) is 11.5 Å². The quantitative estimate of drug-likeness (QED) is 0.182. The van der Waals surface area contributed by atoms with Gasteiger partial charge in [-0.1, -0.05) is 18.2 Å². The summed E-state index contributed by atoms with van der Waals surface area (Å²) in [6, 6.07) is 11.5. The van der Waals surface area contributed by atoms with Crippen molar-refractivity contribution in [2.75, 3.05) is 13.1 Å². The van der Waals surface area contributed by atoms with E-state index in [0.29, 0.717) is 24.2 Å². The van der Waals surface area contributed by atoms with Crippen LogP contribution in [-0.2, 0) is 16.0 Å². The molecule has 0 aliphatic carbocycles. The zero-order valence-electron chi connectivity index (χ0n) is 16.0. The number of aromatic hydroxyl groups is 2. The first-order chi connectivity index (χ1) is 14.1. The number of aryl methyl sites for hydroxylation is 1. The number of carboxylic acids is 2. The average Bonchev–Trinajstić information content (AvgIpc) is 2.70. The van der Waals surface area contributed by atoms with E-state index in [4.69, 9.17) is 25.5 Å². The molecule has 10 nitrogen and oxygen atoms in total. The van der Waals surface area contributed by atoms with E-state index in [1.807, 2.05) is 12.1 Å². The summed E-state index contributed by atoms with van der Waals surface area (Å²) >= 11 is 0. The Kier molecular flexibility index (Phi) is 9.80. The number of carboxylic acid groups (broad SMARTS) is 2. The van der Waals surface area contributed by atoms with Crippen molar-refractivity contribution in [1.82, 2.24) is 5.32 Å². The molecule has 2 aromatic rings. The number of aliphatic hydroxyl groups is 1. The van der Waals surface area contributed by atoms with Crippen LogP contribution in [0, 0.1) is 0 Å². The standard InChI is InChI=1S/C18H22N2O4.C2H2O4/c19-18(24)14-5-1-3-12(9-14)4-2-8-20-11-17(23)13-6-7-15(21)16(22)10-13;3-1(4)2(5)6/h1,3,5-7,9-10,17,20-23H,2,4,8,11H2,(H2,19,24);(H,3,4)(H,5,6).